The lowest BCUT2D eigenvalue weighted by molar-refractivity contribution is -0.135. The number of piperidine rings is 1. The van der Waals surface area contributed by atoms with Crippen molar-refractivity contribution in [2.24, 2.45) is 11.8 Å². The highest BCUT2D eigenvalue weighted by molar-refractivity contribution is 7.89. The van der Waals surface area contributed by atoms with Gasteiger partial charge in [0.15, 0.2) is 0 Å². The molecule has 7 nitrogen and oxygen atoms in total. The summed E-state index contributed by atoms with van der Waals surface area (Å²) >= 11 is 0. The molecule has 3 heterocycles. The van der Waals surface area contributed by atoms with E-state index in [1.54, 1.807) is 33.5 Å². The van der Waals surface area contributed by atoms with Gasteiger partial charge in [-0.05, 0) is 55.9 Å². The number of rotatable bonds is 4. The summed E-state index contributed by atoms with van der Waals surface area (Å²) in [6.07, 6.45) is 6.36. The molecule has 3 aliphatic rings. The zero-order valence-electron chi connectivity index (χ0n) is 18.3. The average Bonchev–Trinajstić information content (AvgIpc) is 2.97. The first kappa shape index (κ1) is 22.3. The quantitative estimate of drug-likeness (QED) is 0.711. The van der Waals surface area contributed by atoms with Crippen LogP contribution in [0.2, 0.25) is 0 Å². The standard InChI is InChI=1S/C23H33N3O4S/c1-18-10-14-25(15-11-18)31(29,30)21-8-6-20(7-9-21)26-17-19(16-22(26)27)23(28)24-12-4-2-3-5-13-24/h6-9,18-19H,2-5,10-17H2,1H3/t19-/m0/s1. The molecule has 4 rings (SSSR count). The van der Waals surface area contributed by atoms with E-state index in [0.717, 1.165) is 51.6 Å². The van der Waals surface area contributed by atoms with E-state index in [1.807, 2.05) is 4.90 Å². The molecule has 170 valence electrons. The second kappa shape index (κ2) is 9.28. The number of likely N-dealkylation sites (tertiary alicyclic amines) is 1. The van der Waals surface area contributed by atoms with Crippen molar-refractivity contribution >= 4 is 27.5 Å². The lowest BCUT2D eigenvalue weighted by Crippen LogP contribution is -2.38. The highest BCUT2D eigenvalue weighted by atomic mass is 32.2. The first-order chi connectivity index (χ1) is 14.9. The summed E-state index contributed by atoms with van der Waals surface area (Å²) in [6, 6.07) is 6.55. The number of nitrogens with zero attached hydrogens (tertiary/aromatic N) is 3. The molecule has 0 saturated carbocycles. The van der Waals surface area contributed by atoms with Crippen LogP contribution in [0.25, 0.3) is 0 Å². The molecular weight excluding hydrogens is 414 g/mol. The van der Waals surface area contributed by atoms with E-state index in [9.17, 15) is 18.0 Å². The third kappa shape index (κ3) is 4.80. The Morgan fingerprint density at radius 2 is 1.55 bits per heavy atom. The van der Waals surface area contributed by atoms with Crippen molar-refractivity contribution in [3.05, 3.63) is 24.3 Å². The van der Waals surface area contributed by atoms with E-state index in [-0.39, 0.29) is 29.0 Å². The Hall–Kier alpha value is -1.93. The topological polar surface area (TPSA) is 78.0 Å². The van der Waals surface area contributed by atoms with Gasteiger partial charge in [0, 0.05) is 44.8 Å². The molecule has 1 atom stereocenters. The maximum atomic E-state index is 12.9. The minimum absolute atomic E-state index is 0.0752. The van der Waals surface area contributed by atoms with Crippen molar-refractivity contribution in [3.8, 4) is 0 Å². The van der Waals surface area contributed by atoms with E-state index >= 15 is 0 Å². The van der Waals surface area contributed by atoms with E-state index in [1.165, 1.54) is 0 Å². The van der Waals surface area contributed by atoms with Gasteiger partial charge < -0.3 is 9.80 Å². The van der Waals surface area contributed by atoms with Gasteiger partial charge in [0.2, 0.25) is 21.8 Å². The Morgan fingerprint density at radius 3 is 2.16 bits per heavy atom. The number of amides is 2. The van der Waals surface area contributed by atoms with E-state index < -0.39 is 10.0 Å². The Labute approximate surface area is 185 Å². The zero-order valence-corrected chi connectivity index (χ0v) is 19.1. The summed E-state index contributed by atoms with van der Waals surface area (Å²) in [4.78, 5) is 29.4. The summed E-state index contributed by atoms with van der Waals surface area (Å²) in [5, 5.41) is 0. The van der Waals surface area contributed by atoms with Crippen LogP contribution in [-0.2, 0) is 19.6 Å². The van der Waals surface area contributed by atoms with Crippen LogP contribution in [0, 0.1) is 11.8 Å². The Bertz CT molecular complexity index is 899. The lowest BCUT2D eigenvalue weighted by atomic mass is 10.0. The molecule has 1 aromatic carbocycles. The van der Waals surface area contributed by atoms with Crippen LogP contribution in [0.1, 0.15) is 51.9 Å². The second-order valence-electron chi connectivity index (χ2n) is 9.23. The highest BCUT2D eigenvalue weighted by Crippen LogP contribution is 2.29. The summed E-state index contributed by atoms with van der Waals surface area (Å²) in [5.74, 6) is 0.245. The van der Waals surface area contributed by atoms with Crippen LogP contribution in [0.4, 0.5) is 5.69 Å². The lowest BCUT2D eigenvalue weighted by Gasteiger charge is -2.29. The van der Waals surface area contributed by atoms with Crippen molar-refractivity contribution < 1.29 is 18.0 Å². The minimum atomic E-state index is -3.51. The molecular formula is C23H33N3O4S. The van der Waals surface area contributed by atoms with Crippen molar-refractivity contribution in [1.29, 1.82) is 0 Å². The van der Waals surface area contributed by atoms with Gasteiger partial charge in [-0.15, -0.1) is 0 Å². The zero-order chi connectivity index (χ0) is 22.0. The van der Waals surface area contributed by atoms with Crippen LogP contribution in [0.3, 0.4) is 0 Å². The molecule has 3 aliphatic heterocycles. The number of benzene rings is 1. The van der Waals surface area contributed by atoms with E-state index in [0.29, 0.717) is 31.2 Å². The fourth-order valence-electron chi connectivity index (χ4n) is 4.84. The van der Waals surface area contributed by atoms with Gasteiger partial charge >= 0.3 is 0 Å². The summed E-state index contributed by atoms with van der Waals surface area (Å²) in [7, 11) is -3.51. The Morgan fingerprint density at radius 1 is 0.935 bits per heavy atom. The number of hydrogen-bond acceptors (Lipinski definition) is 4. The number of carbonyl (C=O) groups is 2. The largest absolute Gasteiger partial charge is 0.342 e. The number of sulfonamides is 1. The molecule has 0 radical (unpaired) electrons. The number of hydrogen-bond donors (Lipinski definition) is 0. The van der Waals surface area contributed by atoms with E-state index in [2.05, 4.69) is 6.92 Å². The average molecular weight is 448 g/mol. The predicted molar refractivity (Wildman–Crippen MR) is 119 cm³/mol. The Kier molecular flexibility index (Phi) is 6.67. The monoisotopic (exact) mass is 447 g/mol. The summed E-state index contributed by atoms with van der Waals surface area (Å²) in [5.41, 5.74) is 0.655. The molecule has 0 spiro atoms. The molecule has 3 saturated heterocycles. The molecule has 31 heavy (non-hydrogen) atoms. The van der Waals surface area contributed by atoms with Gasteiger partial charge in [0.25, 0.3) is 0 Å². The van der Waals surface area contributed by atoms with Gasteiger partial charge in [-0.3, -0.25) is 9.59 Å². The van der Waals surface area contributed by atoms with Crippen molar-refractivity contribution in [3.63, 3.8) is 0 Å². The van der Waals surface area contributed by atoms with Crippen LogP contribution >= 0.6 is 0 Å². The summed E-state index contributed by atoms with van der Waals surface area (Å²) < 4.78 is 27.4. The molecule has 2 amide bonds. The molecule has 8 heteroatoms. The van der Waals surface area contributed by atoms with Gasteiger partial charge in [-0.2, -0.15) is 4.31 Å². The van der Waals surface area contributed by atoms with Gasteiger partial charge in [0.1, 0.15) is 0 Å². The third-order valence-electron chi connectivity index (χ3n) is 6.92. The van der Waals surface area contributed by atoms with Gasteiger partial charge in [-0.25, -0.2) is 8.42 Å². The fraction of sp³-hybridized carbons (Fsp3) is 0.652. The highest BCUT2D eigenvalue weighted by Gasteiger charge is 2.37. The smallest absolute Gasteiger partial charge is 0.243 e. The van der Waals surface area contributed by atoms with Crippen LogP contribution < -0.4 is 4.90 Å². The third-order valence-corrected chi connectivity index (χ3v) is 8.83. The molecule has 0 N–H and O–H groups in total. The summed E-state index contributed by atoms with van der Waals surface area (Å²) in [6.45, 7) is 5.18. The van der Waals surface area contributed by atoms with Crippen LogP contribution in [0.5, 0.6) is 0 Å². The van der Waals surface area contributed by atoms with Crippen molar-refractivity contribution in [2.45, 2.75) is 56.8 Å². The molecule has 0 bridgehead atoms. The van der Waals surface area contributed by atoms with Crippen molar-refractivity contribution in [2.75, 3.05) is 37.6 Å². The van der Waals surface area contributed by atoms with Crippen LogP contribution in [-0.4, -0.2) is 62.2 Å². The predicted octanol–water partition coefficient (Wildman–Crippen LogP) is 2.86. The normalized spacial score (nSPS) is 24.4. The van der Waals surface area contributed by atoms with Gasteiger partial charge in [0.05, 0.1) is 10.8 Å². The first-order valence-electron chi connectivity index (χ1n) is 11.6. The first-order valence-corrected chi connectivity index (χ1v) is 13.0. The number of carbonyl (C=O) groups excluding carboxylic acids is 2. The molecule has 0 unspecified atom stereocenters. The SMILES string of the molecule is CC1CCN(S(=O)(=O)c2ccc(N3C[C@@H](C(=O)N4CCCCCC4)CC3=O)cc2)CC1. The second-order valence-corrected chi connectivity index (χ2v) is 11.2. The maximum absolute atomic E-state index is 12.9. The molecule has 0 aliphatic carbocycles. The minimum Gasteiger partial charge on any atom is -0.342 e. The molecule has 0 aromatic heterocycles. The van der Waals surface area contributed by atoms with E-state index in [4.69, 9.17) is 0 Å². The maximum Gasteiger partial charge on any atom is 0.243 e. The van der Waals surface area contributed by atoms with Crippen molar-refractivity contribution in [1.82, 2.24) is 9.21 Å². The number of anilines is 1. The molecule has 3 fully saturated rings. The Balaban J connectivity index is 1.43. The van der Waals surface area contributed by atoms with Gasteiger partial charge in [-0.1, -0.05) is 19.8 Å². The fourth-order valence-corrected chi connectivity index (χ4v) is 6.31. The molecule has 1 aromatic rings. The van der Waals surface area contributed by atoms with Crippen LogP contribution in [0.15, 0.2) is 29.2 Å².